The van der Waals surface area contributed by atoms with Crippen LogP contribution in [0.15, 0.2) is 0 Å². The minimum atomic E-state index is 0.941. The van der Waals surface area contributed by atoms with Gasteiger partial charge < -0.3 is 0 Å². The molecule has 1 aliphatic rings. The quantitative estimate of drug-likeness (QED) is 0.288. The van der Waals surface area contributed by atoms with Crippen molar-refractivity contribution in [2.24, 2.45) is 0 Å². The van der Waals surface area contributed by atoms with E-state index in [1.165, 1.54) is 90.1 Å². The summed E-state index contributed by atoms with van der Waals surface area (Å²) in [5.41, 5.74) is 0. The summed E-state index contributed by atoms with van der Waals surface area (Å²) >= 11 is 3.57. The molecule has 0 unspecified atom stereocenters. The molecule has 0 aromatic carbocycles. The summed E-state index contributed by atoms with van der Waals surface area (Å²) in [6, 6.07) is 0.941. The average molecular weight is 332 g/mol. The van der Waals surface area contributed by atoms with Gasteiger partial charge in [-0.1, -0.05) is 80.6 Å². The molecule has 0 spiro atoms. The number of halogens is 1. The molecule has 0 amide bonds. The Morgan fingerprint density at radius 2 is 1.32 bits per heavy atom. The van der Waals surface area contributed by atoms with E-state index in [2.05, 4.69) is 27.8 Å². The summed E-state index contributed by atoms with van der Waals surface area (Å²) in [6.45, 7) is 4.88. The van der Waals surface area contributed by atoms with E-state index in [-0.39, 0.29) is 0 Å². The molecule has 2 heteroatoms. The zero-order valence-electron chi connectivity index (χ0n) is 13.0. The van der Waals surface area contributed by atoms with Crippen LogP contribution in [0.25, 0.3) is 0 Å². The van der Waals surface area contributed by atoms with Crippen LogP contribution in [0.2, 0.25) is 0 Å². The molecule has 0 atom stereocenters. The van der Waals surface area contributed by atoms with Crippen LogP contribution in [0.5, 0.6) is 0 Å². The van der Waals surface area contributed by atoms with Gasteiger partial charge >= 0.3 is 0 Å². The van der Waals surface area contributed by atoms with Crippen LogP contribution in [0.1, 0.15) is 84.0 Å². The summed E-state index contributed by atoms with van der Waals surface area (Å²) < 4.78 is 0. The second-order valence-corrected chi connectivity index (χ2v) is 6.93. The molecular formula is C17H34BrN. The first-order valence-corrected chi connectivity index (χ1v) is 9.80. The second kappa shape index (κ2) is 12.2. The van der Waals surface area contributed by atoms with Crippen molar-refractivity contribution in [2.75, 3.05) is 18.4 Å². The monoisotopic (exact) mass is 331 g/mol. The fraction of sp³-hybridized carbons (Fsp3) is 1.00. The molecule has 0 N–H and O–H groups in total. The van der Waals surface area contributed by atoms with Gasteiger partial charge in [-0.05, 0) is 25.8 Å². The Bertz CT molecular complexity index is 192. The Morgan fingerprint density at radius 3 is 1.79 bits per heavy atom. The Morgan fingerprint density at radius 1 is 0.789 bits per heavy atom. The van der Waals surface area contributed by atoms with Crippen LogP contribution in [-0.2, 0) is 0 Å². The molecule has 0 aliphatic heterocycles. The molecule has 0 aromatic rings. The summed E-state index contributed by atoms with van der Waals surface area (Å²) in [4.78, 5) is 2.69. The lowest BCUT2D eigenvalue weighted by Gasteiger charge is -2.20. The smallest absolute Gasteiger partial charge is 0.0159 e. The van der Waals surface area contributed by atoms with Crippen molar-refractivity contribution in [1.29, 1.82) is 0 Å². The highest BCUT2D eigenvalue weighted by Gasteiger charge is 2.27. The molecule has 0 aromatic heterocycles. The van der Waals surface area contributed by atoms with Crippen LogP contribution in [0.3, 0.4) is 0 Å². The molecule has 114 valence electrons. The maximum absolute atomic E-state index is 3.57. The number of alkyl halides is 1. The standard InChI is InChI=1S/C17H34BrN/c1-2-3-4-5-6-7-8-9-10-11-15-19(16-14-18)17-12-13-17/h17H,2-16H2,1H3. The number of unbranched alkanes of at least 4 members (excludes halogenated alkanes) is 9. The molecule has 1 fully saturated rings. The van der Waals surface area contributed by atoms with Gasteiger partial charge in [-0.15, -0.1) is 0 Å². The maximum Gasteiger partial charge on any atom is 0.0159 e. The molecule has 0 heterocycles. The van der Waals surface area contributed by atoms with E-state index in [0.717, 1.165) is 11.4 Å². The summed E-state index contributed by atoms with van der Waals surface area (Å²) in [5.74, 6) is 0. The van der Waals surface area contributed by atoms with Crippen molar-refractivity contribution in [3.05, 3.63) is 0 Å². The van der Waals surface area contributed by atoms with Gasteiger partial charge in [-0.25, -0.2) is 0 Å². The van der Waals surface area contributed by atoms with Gasteiger partial charge in [0.15, 0.2) is 0 Å². The van der Waals surface area contributed by atoms with E-state index in [4.69, 9.17) is 0 Å². The van der Waals surface area contributed by atoms with E-state index < -0.39 is 0 Å². The molecule has 19 heavy (non-hydrogen) atoms. The molecule has 1 aliphatic carbocycles. The third-order valence-corrected chi connectivity index (χ3v) is 4.59. The molecular weight excluding hydrogens is 298 g/mol. The highest BCUT2D eigenvalue weighted by molar-refractivity contribution is 9.09. The number of rotatable bonds is 14. The maximum atomic E-state index is 3.57. The van der Waals surface area contributed by atoms with Crippen LogP contribution in [0.4, 0.5) is 0 Å². The van der Waals surface area contributed by atoms with E-state index >= 15 is 0 Å². The zero-order chi connectivity index (χ0) is 13.8. The Balaban J connectivity index is 1.80. The van der Waals surface area contributed by atoms with Crippen molar-refractivity contribution < 1.29 is 0 Å². The fourth-order valence-corrected chi connectivity index (χ4v) is 3.28. The topological polar surface area (TPSA) is 3.24 Å². The zero-order valence-corrected chi connectivity index (χ0v) is 14.6. The van der Waals surface area contributed by atoms with Crippen molar-refractivity contribution >= 4 is 15.9 Å². The van der Waals surface area contributed by atoms with Gasteiger partial charge in [0.2, 0.25) is 0 Å². The summed E-state index contributed by atoms with van der Waals surface area (Å²) in [6.07, 6.45) is 17.4. The van der Waals surface area contributed by atoms with E-state index in [1.807, 2.05) is 0 Å². The number of nitrogens with zero attached hydrogens (tertiary/aromatic N) is 1. The third-order valence-electron chi connectivity index (χ3n) is 4.23. The first-order valence-electron chi connectivity index (χ1n) is 8.68. The fourth-order valence-electron chi connectivity index (χ4n) is 2.83. The highest BCUT2D eigenvalue weighted by atomic mass is 79.9. The molecule has 0 bridgehead atoms. The highest BCUT2D eigenvalue weighted by Crippen LogP contribution is 2.27. The Kier molecular flexibility index (Phi) is 11.2. The van der Waals surface area contributed by atoms with Gasteiger partial charge in [0, 0.05) is 17.9 Å². The van der Waals surface area contributed by atoms with Crippen molar-refractivity contribution in [3.63, 3.8) is 0 Å². The van der Waals surface area contributed by atoms with Crippen LogP contribution < -0.4 is 0 Å². The van der Waals surface area contributed by atoms with Crippen LogP contribution in [-0.4, -0.2) is 29.4 Å². The van der Waals surface area contributed by atoms with Gasteiger partial charge in [0.25, 0.3) is 0 Å². The Hall–Kier alpha value is 0.440. The van der Waals surface area contributed by atoms with Gasteiger partial charge in [-0.2, -0.15) is 0 Å². The second-order valence-electron chi connectivity index (χ2n) is 6.14. The summed E-state index contributed by atoms with van der Waals surface area (Å²) in [7, 11) is 0. The number of hydrogen-bond acceptors (Lipinski definition) is 1. The van der Waals surface area contributed by atoms with Gasteiger partial charge in [-0.3, -0.25) is 4.90 Å². The van der Waals surface area contributed by atoms with Crippen LogP contribution in [0, 0.1) is 0 Å². The lowest BCUT2D eigenvalue weighted by Crippen LogP contribution is -2.29. The van der Waals surface area contributed by atoms with Crippen molar-refractivity contribution in [3.8, 4) is 0 Å². The lowest BCUT2D eigenvalue weighted by molar-refractivity contribution is 0.273. The van der Waals surface area contributed by atoms with E-state index in [1.54, 1.807) is 0 Å². The van der Waals surface area contributed by atoms with Crippen molar-refractivity contribution in [1.82, 2.24) is 4.90 Å². The molecule has 0 saturated heterocycles. The largest absolute Gasteiger partial charge is 0.300 e. The lowest BCUT2D eigenvalue weighted by atomic mass is 10.1. The minimum Gasteiger partial charge on any atom is -0.300 e. The van der Waals surface area contributed by atoms with Gasteiger partial charge in [0.05, 0.1) is 0 Å². The normalized spacial score (nSPS) is 15.3. The average Bonchev–Trinajstić information content (AvgIpc) is 3.24. The van der Waals surface area contributed by atoms with E-state index in [0.29, 0.717) is 0 Å². The SMILES string of the molecule is CCCCCCCCCCCCN(CCBr)C1CC1. The van der Waals surface area contributed by atoms with E-state index in [9.17, 15) is 0 Å². The predicted molar refractivity (Wildman–Crippen MR) is 90.2 cm³/mol. The first-order chi connectivity index (χ1) is 9.38. The molecule has 1 nitrogen and oxygen atoms in total. The summed E-state index contributed by atoms with van der Waals surface area (Å²) in [5, 5.41) is 1.14. The minimum absolute atomic E-state index is 0.941. The molecule has 1 saturated carbocycles. The first kappa shape index (κ1) is 17.5. The Labute approximate surface area is 129 Å². The predicted octanol–water partition coefficient (Wildman–Crippen LogP) is 5.77. The third kappa shape index (κ3) is 9.90. The van der Waals surface area contributed by atoms with Gasteiger partial charge in [0.1, 0.15) is 0 Å². The van der Waals surface area contributed by atoms with Crippen molar-refractivity contribution in [2.45, 2.75) is 90.0 Å². The molecule has 1 rings (SSSR count). The molecule has 0 radical (unpaired) electrons. The van der Waals surface area contributed by atoms with Crippen LogP contribution >= 0.6 is 15.9 Å². The number of hydrogen-bond donors (Lipinski definition) is 0.